The summed E-state index contributed by atoms with van der Waals surface area (Å²) in [6.45, 7) is 1.90. The Balaban J connectivity index is 2.31. The Hall–Kier alpha value is -2.25. The van der Waals surface area contributed by atoms with Crippen LogP contribution in [-0.4, -0.2) is 17.0 Å². The highest BCUT2D eigenvalue weighted by atomic mass is 19.4. The second kappa shape index (κ2) is 5.27. The van der Waals surface area contributed by atoms with Crippen molar-refractivity contribution in [3.05, 3.63) is 29.3 Å². The predicted octanol–water partition coefficient (Wildman–Crippen LogP) is 2.39. The number of anilines is 1. The van der Waals surface area contributed by atoms with Gasteiger partial charge in [-0.05, 0) is 30.5 Å². The molecule has 0 saturated heterocycles. The summed E-state index contributed by atoms with van der Waals surface area (Å²) < 4.78 is 39.0. The SMILES string of the molecule is CC1CC1C(=O)Nc1ccc(C(N)=NO)c(C(F)(F)F)c1. The summed E-state index contributed by atoms with van der Waals surface area (Å²) in [4.78, 5) is 11.7. The fourth-order valence-electron chi connectivity index (χ4n) is 2.06. The van der Waals surface area contributed by atoms with Crippen molar-refractivity contribution in [3.63, 3.8) is 0 Å². The molecule has 4 N–H and O–H groups in total. The van der Waals surface area contributed by atoms with Gasteiger partial charge in [-0.15, -0.1) is 0 Å². The smallest absolute Gasteiger partial charge is 0.409 e. The van der Waals surface area contributed by atoms with E-state index in [1.54, 1.807) is 0 Å². The second-order valence-electron chi connectivity index (χ2n) is 5.05. The Morgan fingerprint density at radius 3 is 2.57 bits per heavy atom. The largest absolute Gasteiger partial charge is 0.417 e. The Bertz CT molecular complexity index is 599. The summed E-state index contributed by atoms with van der Waals surface area (Å²) >= 11 is 0. The van der Waals surface area contributed by atoms with Gasteiger partial charge in [0.2, 0.25) is 5.91 Å². The number of nitrogens with zero attached hydrogens (tertiary/aromatic N) is 1. The summed E-state index contributed by atoms with van der Waals surface area (Å²) in [7, 11) is 0. The zero-order valence-electron chi connectivity index (χ0n) is 11.1. The minimum Gasteiger partial charge on any atom is -0.409 e. The fraction of sp³-hybridized carbons (Fsp3) is 0.385. The van der Waals surface area contributed by atoms with Crippen molar-refractivity contribution in [2.24, 2.45) is 22.7 Å². The average Bonchev–Trinajstić information content (AvgIpc) is 3.14. The van der Waals surface area contributed by atoms with Crippen molar-refractivity contribution in [2.45, 2.75) is 19.5 Å². The molecule has 0 heterocycles. The van der Waals surface area contributed by atoms with Crippen LogP contribution < -0.4 is 11.1 Å². The van der Waals surface area contributed by atoms with Gasteiger partial charge < -0.3 is 16.3 Å². The standard InChI is InChI=1S/C13H14F3N3O2/c1-6-4-9(6)12(20)18-7-2-3-8(11(17)19-21)10(5-7)13(14,15)16/h2-3,5-6,9,21H,4H2,1H3,(H2,17,19)(H,18,20). The van der Waals surface area contributed by atoms with Crippen molar-refractivity contribution in [2.75, 3.05) is 5.32 Å². The molecule has 0 aromatic heterocycles. The van der Waals surface area contributed by atoms with Crippen LogP contribution in [0, 0.1) is 11.8 Å². The maximum atomic E-state index is 13.0. The lowest BCUT2D eigenvalue weighted by atomic mass is 10.0. The third-order valence-corrected chi connectivity index (χ3v) is 3.42. The maximum Gasteiger partial charge on any atom is 0.417 e. The van der Waals surface area contributed by atoms with Crippen LogP contribution in [0.5, 0.6) is 0 Å². The summed E-state index contributed by atoms with van der Waals surface area (Å²) in [6, 6.07) is 3.12. The fourth-order valence-corrected chi connectivity index (χ4v) is 2.06. The molecule has 1 aromatic carbocycles. The number of oxime groups is 1. The van der Waals surface area contributed by atoms with E-state index < -0.39 is 23.1 Å². The van der Waals surface area contributed by atoms with Gasteiger partial charge in [0.15, 0.2) is 5.84 Å². The molecule has 1 aliphatic carbocycles. The van der Waals surface area contributed by atoms with Crippen LogP contribution in [0.25, 0.3) is 0 Å². The topological polar surface area (TPSA) is 87.7 Å². The van der Waals surface area contributed by atoms with Crippen LogP contribution in [0.3, 0.4) is 0 Å². The van der Waals surface area contributed by atoms with Crippen molar-refractivity contribution >= 4 is 17.4 Å². The number of hydrogen-bond acceptors (Lipinski definition) is 3. The van der Waals surface area contributed by atoms with E-state index in [-0.39, 0.29) is 23.4 Å². The molecule has 1 saturated carbocycles. The minimum atomic E-state index is -4.68. The van der Waals surface area contributed by atoms with Crippen LogP contribution in [0.4, 0.5) is 18.9 Å². The van der Waals surface area contributed by atoms with Gasteiger partial charge in [0.1, 0.15) is 0 Å². The molecule has 21 heavy (non-hydrogen) atoms. The van der Waals surface area contributed by atoms with Gasteiger partial charge in [-0.2, -0.15) is 13.2 Å². The summed E-state index contributed by atoms with van der Waals surface area (Å²) in [5.74, 6) is -0.838. The van der Waals surface area contributed by atoms with Crippen molar-refractivity contribution < 1.29 is 23.2 Å². The van der Waals surface area contributed by atoms with E-state index >= 15 is 0 Å². The molecule has 2 rings (SSSR count). The molecule has 1 aromatic rings. The molecule has 114 valence electrons. The molecule has 1 fully saturated rings. The highest BCUT2D eigenvalue weighted by molar-refractivity contribution is 6.00. The zero-order chi connectivity index (χ0) is 15.8. The number of halogens is 3. The lowest BCUT2D eigenvalue weighted by Crippen LogP contribution is -2.21. The van der Waals surface area contributed by atoms with Gasteiger partial charge in [-0.25, -0.2) is 0 Å². The lowest BCUT2D eigenvalue weighted by Gasteiger charge is -2.14. The Kier molecular flexibility index (Phi) is 3.80. The average molecular weight is 301 g/mol. The van der Waals surface area contributed by atoms with Crippen molar-refractivity contribution in [3.8, 4) is 0 Å². The summed E-state index contributed by atoms with van der Waals surface area (Å²) in [5.41, 5.74) is 3.75. The van der Waals surface area contributed by atoms with E-state index in [0.29, 0.717) is 0 Å². The number of nitrogens with one attached hydrogen (secondary N) is 1. The van der Waals surface area contributed by atoms with Gasteiger partial charge in [0, 0.05) is 17.2 Å². The molecule has 0 spiro atoms. The third kappa shape index (κ3) is 3.26. The number of alkyl halides is 3. The maximum absolute atomic E-state index is 13.0. The van der Waals surface area contributed by atoms with Gasteiger partial charge in [-0.3, -0.25) is 4.79 Å². The summed E-state index contributed by atoms with van der Waals surface area (Å²) in [5, 5.41) is 13.6. The normalized spacial score (nSPS) is 22.0. The highest BCUT2D eigenvalue weighted by Crippen LogP contribution is 2.39. The monoisotopic (exact) mass is 301 g/mol. The number of hydrogen-bond donors (Lipinski definition) is 3. The zero-order valence-corrected chi connectivity index (χ0v) is 11.1. The van der Waals surface area contributed by atoms with E-state index in [1.807, 2.05) is 6.92 Å². The molecule has 2 unspecified atom stereocenters. The molecule has 1 aliphatic rings. The molecule has 8 heteroatoms. The van der Waals surface area contributed by atoms with Gasteiger partial charge in [-0.1, -0.05) is 12.1 Å². The first-order valence-electron chi connectivity index (χ1n) is 6.24. The van der Waals surface area contributed by atoms with Gasteiger partial charge in [0.05, 0.1) is 5.56 Å². The van der Waals surface area contributed by atoms with Crippen molar-refractivity contribution in [1.29, 1.82) is 0 Å². The van der Waals surface area contributed by atoms with Gasteiger partial charge >= 0.3 is 6.18 Å². The number of rotatable bonds is 3. The molecule has 2 atom stereocenters. The molecule has 0 aliphatic heterocycles. The second-order valence-corrected chi connectivity index (χ2v) is 5.05. The van der Waals surface area contributed by atoms with Crippen molar-refractivity contribution in [1.82, 2.24) is 0 Å². The minimum absolute atomic E-state index is 0.0286. The first kappa shape index (κ1) is 15.1. The van der Waals surface area contributed by atoms with E-state index in [0.717, 1.165) is 18.6 Å². The predicted molar refractivity (Wildman–Crippen MR) is 69.9 cm³/mol. The number of nitrogens with two attached hydrogens (primary N) is 1. The Labute approximate surface area is 118 Å². The van der Waals surface area contributed by atoms with E-state index in [2.05, 4.69) is 10.5 Å². The van der Waals surface area contributed by atoms with Crippen LogP contribution in [0.2, 0.25) is 0 Å². The molecule has 0 bridgehead atoms. The first-order chi connectivity index (χ1) is 9.74. The van der Waals surface area contributed by atoms with Crippen LogP contribution in [0.15, 0.2) is 23.4 Å². The molecular formula is C13H14F3N3O2. The number of amides is 1. The van der Waals surface area contributed by atoms with E-state index in [9.17, 15) is 18.0 Å². The highest BCUT2D eigenvalue weighted by Gasteiger charge is 2.39. The van der Waals surface area contributed by atoms with Crippen LogP contribution >= 0.6 is 0 Å². The number of benzene rings is 1. The number of carbonyl (C=O) groups is 1. The van der Waals surface area contributed by atoms with E-state index in [4.69, 9.17) is 10.9 Å². The van der Waals surface area contributed by atoms with Crippen LogP contribution in [0.1, 0.15) is 24.5 Å². The third-order valence-electron chi connectivity index (χ3n) is 3.42. The first-order valence-corrected chi connectivity index (χ1v) is 6.24. The molecule has 1 amide bonds. The Morgan fingerprint density at radius 1 is 1.48 bits per heavy atom. The Morgan fingerprint density at radius 2 is 2.10 bits per heavy atom. The number of amidine groups is 1. The number of carbonyl (C=O) groups excluding carboxylic acids is 1. The molecular weight excluding hydrogens is 287 g/mol. The van der Waals surface area contributed by atoms with Crippen LogP contribution in [-0.2, 0) is 11.0 Å². The lowest BCUT2D eigenvalue weighted by molar-refractivity contribution is -0.137. The van der Waals surface area contributed by atoms with E-state index in [1.165, 1.54) is 6.07 Å². The van der Waals surface area contributed by atoms with Gasteiger partial charge in [0.25, 0.3) is 0 Å². The molecule has 0 radical (unpaired) electrons. The summed E-state index contributed by atoms with van der Waals surface area (Å²) in [6.07, 6.45) is -3.95. The quantitative estimate of drug-likeness (QED) is 0.347. The molecule has 5 nitrogen and oxygen atoms in total.